The zero-order valence-corrected chi connectivity index (χ0v) is 20.7. The highest BCUT2D eigenvalue weighted by Crippen LogP contribution is 2.42. The molecule has 1 fully saturated rings. The minimum Gasteiger partial charge on any atom is -0.356 e. The van der Waals surface area contributed by atoms with Crippen LogP contribution in [0.3, 0.4) is 0 Å². The maximum absolute atomic E-state index is 13.2. The molecule has 0 radical (unpaired) electrons. The van der Waals surface area contributed by atoms with Crippen molar-refractivity contribution in [2.45, 2.75) is 56.7 Å². The molecule has 2 rings (SSSR count). The Morgan fingerprint density at radius 1 is 1.27 bits per heavy atom. The second-order valence-corrected chi connectivity index (χ2v) is 10.2. The molecule has 5 nitrogen and oxygen atoms in total. The fourth-order valence-corrected chi connectivity index (χ4v) is 4.57. The van der Waals surface area contributed by atoms with Crippen molar-refractivity contribution in [3.05, 3.63) is 35.4 Å². The number of benzene rings is 1. The number of hydrogen-bond acceptors (Lipinski definition) is 3. The van der Waals surface area contributed by atoms with Crippen LogP contribution in [0.5, 0.6) is 0 Å². The highest BCUT2D eigenvalue weighted by Gasteiger charge is 2.38. The van der Waals surface area contributed by atoms with Gasteiger partial charge in [0.2, 0.25) is 0 Å². The van der Waals surface area contributed by atoms with Crippen LogP contribution in [-0.4, -0.2) is 46.0 Å². The summed E-state index contributed by atoms with van der Waals surface area (Å²) in [5, 5.41) is 6.41. The maximum Gasteiger partial charge on any atom is 0.416 e. The van der Waals surface area contributed by atoms with Gasteiger partial charge in [0, 0.05) is 31.3 Å². The Labute approximate surface area is 194 Å². The lowest BCUT2D eigenvalue weighted by molar-refractivity contribution is -0.137. The van der Waals surface area contributed by atoms with Crippen LogP contribution < -0.4 is 10.6 Å². The molecule has 10 heteroatoms. The minimum atomic E-state index is -4.37. The van der Waals surface area contributed by atoms with Crippen molar-refractivity contribution in [3.63, 3.8) is 0 Å². The number of rotatable bonds is 7. The standard InChI is InChI=1S/C20H30F3N3O2S.HI/c1-15(9-12-29(3,27)28)26-18(24-2)25-14-19(10-4-5-11-19)16-7-6-8-17(13-16)20(21,22)23;/h6-8,13,15H,4-5,9-12,14H2,1-3H3,(H2,24,25,26);1H. The Kier molecular flexibility index (Phi) is 9.91. The molecule has 0 saturated heterocycles. The number of halogens is 4. The SMILES string of the molecule is CN=C(NCC1(c2cccc(C(F)(F)F)c2)CCCC1)NC(C)CCS(C)(=O)=O.I. The number of nitrogens with zero attached hydrogens (tertiary/aromatic N) is 1. The maximum atomic E-state index is 13.2. The van der Waals surface area contributed by atoms with Gasteiger partial charge in [0.1, 0.15) is 9.84 Å². The Morgan fingerprint density at radius 2 is 1.90 bits per heavy atom. The Bertz CT molecular complexity index is 823. The molecule has 0 aliphatic heterocycles. The molecule has 1 aliphatic carbocycles. The molecule has 1 unspecified atom stereocenters. The summed E-state index contributed by atoms with van der Waals surface area (Å²) in [7, 11) is -1.43. The van der Waals surface area contributed by atoms with Crippen LogP contribution in [-0.2, 0) is 21.4 Å². The van der Waals surface area contributed by atoms with Gasteiger partial charge in [0.25, 0.3) is 0 Å². The molecular weight excluding hydrogens is 530 g/mol. The molecule has 1 aromatic rings. The van der Waals surface area contributed by atoms with Crippen molar-refractivity contribution < 1.29 is 21.6 Å². The molecule has 0 bridgehead atoms. The van der Waals surface area contributed by atoms with Gasteiger partial charge in [-0.15, -0.1) is 24.0 Å². The van der Waals surface area contributed by atoms with Crippen molar-refractivity contribution >= 4 is 39.8 Å². The molecule has 1 aromatic carbocycles. The zero-order valence-electron chi connectivity index (χ0n) is 17.6. The molecule has 1 atom stereocenters. The first kappa shape index (κ1) is 27.0. The van der Waals surface area contributed by atoms with Crippen LogP contribution in [0.4, 0.5) is 13.2 Å². The predicted molar refractivity (Wildman–Crippen MR) is 125 cm³/mol. The average molecular weight is 561 g/mol. The first-order valence-corrected chi connectivity index (χ1v) is 11.8. The van der Waals surface area contributed by atoms with E-state index < -0.39 is 21.6 Å². The van der Waals surface area contributed by atoms with E-state index in [1.54, 1.807) is 13.1 Å². The van der Waals surface area contributed by atoms with Gasteiger partial charge in [0.05, 0.1) is 11.3 Å². The monoisotopic (exact) mass is 561 g/mol. The lowest BCUT2D eigenvalue weighted by Gasteiger charge is -2.32. The quantitative estimate of drug-likeness (QED) is 0.299. The van der Waals surface area contributed by atoms with Gasteiger partial charge in [-0.1, -0.05) is 31.0 Å². The van der Waals surface area contributed by atoms with E-state index >= 15 is 0 Å². The smallest absolute Gasteiger partial charge is 0.356 e. The lowest BCUT2D eigenvalue weighted by Crippen LogP contribution is -2.47. The van der Waals surface area contributed by atoms with Crippen LogP contribution in [0, 0.1) is 0 Å². The topological polar surface area (TPSA) is 70.6 Å². The fraction of sp³-hybridized carbons (Fsp3) is 0.650. The van der Waals surface area contributed by atoms with Gasteiger partial charge < -0.3 is 10.6 Å². The normalized spacial score (nSPS) is 17.9. The Balaban J connectivity index is 0.00000450. The van der Waals surface area contributed by atoms with E-state index in [0.717, 1.165) is 31.7 Å². The highest BCUT2D eigenvalue weighted by molar-refractivity contribution is 14.0. The van der Waals surface area contributed by atoms with E-state index in [2.05, 4.69) is 15.6 Å². The van der Waals surface area contributed by atoms with Gasteiger partial charge >= 0.3 is 6.18 Å². The van der Waals surface area contributed by atoms with Crippen molar-refractivity contribution in [1.29, 1.82) is 0 Å². The van der Waals surface area contributed by atoms with Crippen LogP contribution in [0.1, 0.15) is 50.2 Å². The predicted octanol–water partition coefficient (Wildman–Crippen LogP) is 4.12. The molecule has 1 saturated carbocycles. The summed E-state index contributed by atoms with van der Waals surface area (Å²) >= 11 is 0. The van der Waals surface area contributed by atoms with Gasteiger partial charge in [0.15, 0.2) is 5.96 Å². The Morgan fingerprint density at radius 3 is 2.43 bits per heavy atom. The lowest BCUT2D eigenvalue weighted by atomic mass is 9.78. The fourth-order valence-electron chi connectivity index (χ4n) is 3.79. The summed E-state index contributed by atoms with van der Waals surface area (Å²) in [5.74, 6) is 0.594. The van der Waals surface area contributed by atoms with Gasteiger partial charge in [-0.05, 0) is 37.8 Å². The molecule has 0 amide bonds. The second kappa shape index (κ2) is 11.0. The number of sulfone groups is 1. The van der Waals surface area contributed by atoms with Crippen molar-refractivity contribution in [2.24, 2.45) is 4.99 Å². The van der Waals surface area contributed by atoms with Crippen molar-refractivity contribution in [1.82, 2.24) is 10.6 Å². The van der Waals surface area contributed by atoms with Crippen molar-refractivity contribution in [2.75, 3.05) is 25.6 Å². The highest BCUT2D eigenvalue weighted by atomic mass is 127. The van der Waals surface area contributed by atoms with Crippen LogP contribution in [0.2, 0.25) is 0 Å². The van der Waals surface area contributed by atoms with E-state index in [1.807, 2.05) is 6.92 Å². The summed E-state index contributed by atoms with van der Waals surface area (Å²) in [6.07, 6.45) is 0.827. The molecule has 0 aromatic heterocycles. The largest absolute Gasteiger partial charge is 0.416 e. The molecule has 2 N–H and O–H groups in total. The number of alkyl halides is 3. The summed E-state index contributed by atoms with van der Waals surface area (Å²) in [6.45, 7) is 2.34. The minimum absolute atomic E-state index is 0. The van der Waals surface area contributed by atoms with Crippen LogP contribution in [0.25, 0.3) is 0 Å². The zero-order chi connectivity index (χ0) is 21.7. The Hall–Kier alpha value is -1.04. The summed E-state index contributed by atoms with van der Waals surface area (Å²) in [6, 6.07) is 5.50. The summed E-state index contributed by atoms with van der Waals surface area (Å²) in [5.41, 5.74) is -0.314. The summed E-state index contributed by atoms with van der Waals surface area (Å²) < 4.78 is 62.1. The average Bonchev–Trinajstić information content (AvgIpc) is 3.12. The number of aliphatic imine (C=N–C) groups is 1. The van der Waals surface area contributed by atoms with Gasteiger partial charge in [-0.25, -0.2) is 8.42 Å². The van der Waals surface area contributed by atoms with E-state index in [4.69, 9.17) is 0 Å². The first-order chi connectivity index (χ1) is 13.5. The van der Waals surface area contributed by atoms with E-state index in [9.17, 15) is 21.6 Å². The molecule has 30 heavy (non-hydrogen) atoms. The third-order valence-electron chi connectivity index (χ3n) is 5.49. The molecule has 172 valence electrons. The molecule has 1 aliphatic rings. The first-order valence-electron chi connectivity index (χ1n) is 9.78. The van der Waals surface area contributed by atoms with E-state index in [0.29, 0.717) is 24.5 Å². The van der Waals surface area contributed by atoms with E-state index in [1.165, 1.54) is 18.4 Å². The summed E-state index contributed by atoms with van der Waals surface area (Å²) in [4.78, 5) is 4.18. The number of guanidine groups is 1. The van der Waals surface area contributed by atoms with Crippen LogP contribution in [0.15, 0.2) is 29.3 Å². The van der Waals surface area contributed by atoms with Crippen LogP contribution >= 0.6 is 24.0 Å². The van der Waals surface area contributed by atoms with Crippen molar-refractivity contribution in [3.8, 4) is 0 Å². The van der Waals surface area contributed by atoms with E-state index in [-0.39, 0.29) is 41.2 Å². The van der Waals surface area contributed by atoms with Gasteiger partial charge in [-0.3, -0.25) is 4.99 Å². The van der Waals surface area contributed by atoms with Gasteiger partial charge in [-0.2, -0.15) is 13.2 Å². The molecule has 0 spiro atoms. The third kappa shape index (κ3) is 7.90. The number of nitrogens with one attached hydrogen (secondary N) is 2. The second-order valence-electron chi connectivity index (χ2n) is 7.96. The number of hydrogen-bond donors (Lipinski definition) is 2. The molecule has 0 heterocycles. The third-order valence-corrected chi connectivity index (χ3v) is 6.46. The molecular formula is C20H31F3IN3O2S.